The van der Waals surface area contributed by atoms with Gasteiger partial charge in [-0.25, -0.2) is 0 Å². The van der Waals surface area contributed by atoms with E-state index in [2.05, 4.69) is 25.7 Å². The number of ketones is 1. The number of carbonyl (C=O) groups excluding carboxylic acids is 1. The lowest BCUT2D eigenvalue weighted by Gasteiger charge is -2.59. The Balaban J connectivity index is 1.35. The fraction of sp³-hybridized carbons (Fsp3) is 0.889. The second kappa shape index (κ2) is 6.67. The average Bonchev–Trinajstić information content (AvgIpc) is 3.22. The molecule has 0 radical (unpaired) electrons. The van der Waals surface area contributed by atoms with Crippen LogP contribution >= 0.6 is 0 Å². The van der Waals surface area contributed by atoms with Crippen LogP contribution in [0.3, 0.4) is 0 Å². The molecular weight excluding hydrogens is 370 g/mol. The molecule has 6 aliphatic rings. The molecule has 2 heterocycles. The van der Waals surface area contributed by atoms with Crippen LogP contribution in [-0.2, 0) is 4.79 Å². The summed E-state index contributed by atoms with van der Waals surface area (Å²) in [6.45, 7) is 9.13. The monoisotopic (exact) mass is 411 g/mol. The van der Waals surface area contributed by atoms with Gasteiger partial charge in [-0.3, -0.25) is 9.69 Å². The van der Waals surface area contributed by atoms with Crippen LogP contribution in [0.4, 0.5) is 0 Å². The standard InChI is InChI=1S/C27H41NO2/c1-16-4-7-23-17(2)25-24(28(23)14-16)13-22-20-6-5-18-12-19(30)8-10-26(18,3)21(20)9-11-27(22,25)15-29/h12,16-17,20-25,29H,4-11,13-15H2,1-3H3/t16-,17+,20+,21-,22-,23+,24-,25-,26-,27+/m0/s1. The molecule has 4 aliphatic carbocycles. The molecule has 0 bridgehead atoms. The Labute approximate surface area is 182 Å². The lowest BCUT2D eigenvalue weighted by Crippen LogP contribution is -2.53. The molecule has 0 spiro atoms. The van der Waals surface area contributed by atoms with Gasteiger partial charge >= 0.3 is 0 Å². The number of hydrogen-bond acceptors (Lipinski definition) is 3. The van der Waals surface area contributed by atoms with Crippen LogP contribution in [0.5, 0.6) is 0 Å². The van der Waals surface area contributed by atoms with Gasteiger partial charge in [0.2, 0.25) is 0 Å². The van der Waals surface area contributed by atoms with E-state index in [1.807, 2.05) is 6.08 Å². The molecule has 166 valence electrons. The second-order valence-corrected chi connectivity index (χ2v) is 12.5. The van der Waals surface area contributed by atoms with Gasteiger partial charge in [-0.15, -0.1) is 0 Å². The van der Waals surface area contributed by atoms with Gasteiger partial charge in [0.1, 0.15) is 0 Å². The van der Waals surface area contributed by atoms with Crippen LogP contribution in [0.25, 0.3) is 0 Å². The number of hydrogen-bond donors (Lipinski definition) is 1. The second-order valence-electron chi connectivity index (χ2n) is 12.5. The lowest BCUT2D eigenvalue weighted by molar-refractivity contribution is -0.119. The van der Waals surface area contributed by atoms with E-state index in [-0.39, 0.29) is 10.8 Å². The highest BCUT2D eigenvalue weighted by atomic mass is 16.3. The number of aliphatic hydroxyl groups is 1. The number of piperidine rings is 1. The number of allylic oxidation sites excluding steroid dienone is 1. The van der Waals surface area contributed by atoms with Crippen molar-refractivity contribution < 1.29 is 9.90 Å². The zero-order valence-corrected chi connectivity index (χ0v) is 19.3. The normalized spacial score (nSPS) is 55.2. The summed E-state index contributed by atoms with van der Waals surface area (Å²) >= 11 is 0. The van der Waals surface area contributed by atoms with Gasteiger partial charge in [-0.1, -0.05) is 26.3 Å². The van der Waals surface area contributed by atoms with E-state index in [0.717, 1.165) is 49.0 Å². The molecule has 10 atom stereocenters. The molecule has 0 aromatic rings. The zero-order valence-electron chi connectivity index (χ0n) is 19.3. The van der Waals surface area contributed by atoms with Crippen molar-refractivity contribution >= 4 is 5.78 Å². The summed E-state index contributed by atoms with van der Waals surface area (Å²) in [5, 5.41) is 10.9. The Hall–Kier alpha value is -0.670. The molecule has 30 heavy (non-hydrogen) atoms. The molecule has 3 saturated carbocycles. The van der Waals surface area contributed by atoms with Gasteiger partial charge in [0.05, 0.1) is 0 Å². The maximum atomic E-state index is 12.1. The van der Waals surface area contributed by atoms with Crippen LogP contribution in [0.1, 0.15) is 78.6 Å². The third kappa shape index (κ3) is 2.43. The van der Waals surface area contributed by atoms with Gasteiger partial charge in [-0.2, -0.15) is 0 Å². The number of aliphatic hydroxyl groups excluding tert-OH is 1. The minimum absolute atomic E-state index is 0.161. The fourth-order valence-corrected chi connectivity index (χ4v) is 10.3. The number of fused-ring (bicyclic) bond motifs is 9. The predicted octanol–water partition coefficient (Wildman–Crippen LogP) is 4.84. The van der Waals surface area contributed by atoms with E-state index >= 15 is 0 Å². The van der Waals surface area contributed by atoms with Crippen molar-refractivity contribution in [3.8, 4) is 0 Å². The highest BCUT2D eigenvalue weighted by molar-refractivity contribution is 5.91. The third-order valence-electron chi connectivity index (χ3n) is 11.6. The van der Waals surface area contributed by atoms with Gasteiger partial charge in [-0.05, 0) is 98.4 Å². The minimum Gasteiger partial charge on any atom is -0.396 e. The Morgan fingerprint density at radius 3 is 2.70 bits per heavy atom. The third-order valence-corrected chi connectivity index (χ3v) is 11.6. The van der Waals surface area contributed by atoms with Crippen molar-refractivity contribution in [2.45, 2.75) is 90.6 Å². The molecule has 0 unspecified atom stereocenters. The van der Waals surface area contributed by atoms with Gasteiger partial charge < -0.3 is 5.11 Å². The molecule has 1 N–H and O–H groups in total. The lowest BCUT2D eigenvalue weighted by atomic mass is 9.46. The Morgan fingerprint density at radius 2 is 1.90 bits per heavy atom. The van der Waals surface area contributed by atoms with Crippen LogP contribution in [0, 0.1) is 46.3 Å². The molecular formula is C27H41NO2. The average molecular weight is 412 g/mol. The van der Waals surface area contributed by atoms with Crippen LogP contribution < -0.4 is 0 Å². The number of carbonyl (C=O) groups is 1. The highest BCUT2D eigenvalue weighted by Crippen LogP contribution is 2.70. The summed E-state index contributed by atoms with van der Waals surface area (Å²) in [5.74, 6) is 4.78. The largest absolute Gasteiger partial charge is 0.396 e. The Morgan fingerprint density at radius 1 is 1.07 bits per heavy atom. The van der Waals surface area contributed by atoms with E-state index in [0.29, 0.717) is 30.3 Å². The van der Waals surface area contributed by atoms with E-state index in [1.54, 1.807) is 0 Å². The maximum Gasteiger partial charge on any atom is 0.155 e. The summed E-state index contributed by atoms with van der Waals surface area (Å²) < 4.78 is 0. The van der Waals surface area contributed by atoms with Crippen molar-refractivity contribution in [3.63, 3.8) is 0 Å². The molecule has 2 aliphatic heterocycles. The molecule has 3 nitrogen and oxygen atoms in total. The smallest absolute Gasteiger partial charge is 0.155 e. The van der Waals surface area contributed by atoms with Crippen molar-refractivity contribution in [2.24, 2.45) is 46.3 Å². The van der Waals surface area contributed by atoms with Crippen molar-refractivity contribution in [2.75, 3.05) is 13.2 Å². The van der Waals surface area contributed by atoms with Crippen LogP contribution in [-0.4, -0.2) is 41.0 Å². The topological polar surface area (TPSA) is 40.5 Å². The van der Waals surface area contributed by atoms with Crippen molar-refractivity contribution in [3.05, 3.63) is 11.6 Å². The first-order chi connectivity index (χ1) is 14.4. The molecule has 3 heteroatoms. The first kappa shape index (κ1) is 20.0. The zero-order chi connectivity index (χ0) is 20.8. The predicted molar refractivity (Wildman–Crippen MR) is 119 cm³/mol. The summed E-state index contributed by atoms with van der Waals surface area (Å²) in [7, 11) is 0. The van der Waals surface area contributed by atoms with Crippen molar-refractivity contribution in [1.29, 1.82) is 0 Å². The summed E-state index contributed by atoms with van der Waals surface area (Å²) in [4.78, 5) is 15.0. The number of nitrogens with zero attached hydrogens (tertiary/aromatic N) is 1. The van der Waals surface area contributed by atoms with E-state index in [1.165, 1.54) is 50.6 Å². The van der Waals surface area contributed by atoms with Gasteiger partial charge in [0, 0.05) is 37.1 Å². The summed E-state index contributed by atoms with van der Waals surface area (Å²) in [6.07, 6.45) is 12.8. The SMILES string of the molecule is C[C@H]1CC[C@@H]2[C@@H](C)[C@H]3[C@H](C[C@H]4[C@@H]5CCC6=CC(=O)CC[C@]6(C)[C@H]5CC[C@]34CO)N2C1. The Bertz CT molecular complexity index is 775. The molecule has 6 rings (SSSR count). The first-order valence-corrected chi connectivity index (χ1v) is 13.0. The number of rotatable bonds is 1. The van der Waals surface area contributed by atoms with E-state index in [4.69, 9.17) is 0 Å². The fourth-order valence-electron chi connectivity index (χ4n) is 10.3. The van der Waals surface area contributed by atoms with Crippen LogP contribution in [0.2, 0.25) is 0 Å². The molecule has 5 fully saturated rings. The summed E-state index contributed by atoms with van der Waals surface area (Å²) in [5.41, 5.74) is 1.87. The minimum atomic E-state index is 0.161. The first-order valence-electron chi connectivity index (χ1n) is 13.0. The van der Waals surface area contributed by atoms with Gasteiger partial charge in [0.25, 0.3) is 0 Å². The highest BCUT2D eigenvalue weighted by Gasteiger charge is 2.68. The van der Waals surface area contributed by atoms with E-state index < -0.39 is 0 Å². The van der Waals surface area contributed by atoms with E-state index in [9.17, 15) is 9.90 Å². The Kier molecular flexibility index (Phi) is 4.44. The molecule has 0 amide bonds. The molecule has 2 saturated heterocycles. The molecule has 0 aromatic heterocycles. The van der Waals surface area contributed by atoms with Crippen LogP contribution in [0.15, 0.2) is 11.6 Å². The quantitative estimate of drug-likeness (QED) is 0.671. The maximum absolute atomic E-state index is 12.1. The summed E-state index contributed by atoms with van der Waals surface area (Å²) in [6, 6.07) is 1.47. The van der Waals surface area contributed by atoms with Gasteiger partial charge in [0.15, 0.2) is 5.78 Å². The van der Waals surface area contributed by atoms with Crippen molar-refractivity contribution in [1.82, 2.24) is 4.90 Å². The molecule has 0 aromatic carbocycles.